The highest BCUT2D eigenvalue weighted by Crippen LogP contribution is 2.33. The molecule has 1 saturated carbocycles. The Kier molecular flexibility index (Phi) is 4.60. The molecule has 0 saturated heterocycles. The van der Waals surface area contributed by atoms with Gasteiger partial charge in [0.1, 0.15) is 0 Å². The van der Waals surface area contributed by atoms with Gasteiger partial charge in [-0.1, -0.05) is 33.1 Å². The van der Waals surface area contributed by atoms with Gasteiger partial charge in [0, 0.05) is 18.3 Å². The van der Waals surface area contributed by atoms with E-state index in [2.05, 4.69) is 35.1 Å². The van der Waals surface area contributed by atoms with Gasteiger partial charge in [-0.05, 0) is 25.3 Å². The summed E-state index contributed by atoms with van der Waals surface area (Å²) < 4.78 is 2.20. The summed E-state index contributed by atoms with van der Waals surface area (Å²) in [6.07, 6.45) is 11.0. The van der Waals surface area contributed by atoms with Crippen LogP contribution in [0.3, 0.4) is 0 Å². The Morgan fingerprint density at radius 1 is 1.41 bits per heavy atom. The minimum Gasteiger partial charge on any atom is -0.313 e. The molecule has 2 rings (SSSR count). The van der Waals surface area contributed by atoms with Gasteiger partial charge in [0.25, 0.3) is 0 Å². The minimum absolute atomic E-state index is 0.643. The molecule has 3 heteroatoms. The molecule has 0 bridgehead atoms. The Morgan fingerprint density at radius 2 is 2.29 bits per heavy atom. The first-order valence-corrected chi connectivity index (χ1v) is 7.07. The predicted octanol–water partition coefficient (Wildman–Crippen LogP) is 3.13. The molecule has 1 N–H and O–H groups in total. The number of hydrogen-bond donors (Lipinski definition) is 1. The zero-order valence-corrected chi connectivity index (χ0v) is 11.2. The van der Waals surface area contributed by atoms with Crippen LogP contribution < -0.4 is 5.32 Å². The summed E-state index contributed by atoms with van der Waals surface area (Å²) in [5, 5.41) is 7.89. The van der Waals surface area contributed by atoms with Gasteiger partial charge >= 0.3 is 0 Å². The van der Waals surface area contributed by atoms with Crippen molar-refractivity contribution in [2.45, 2.75) is 58.5 Å². The maximum Gasteiger partial charge on any atom is 0.0534 e. The van der Waals surface area contributed by atoms with Crippen molar-refractivity contribution in [3.63, 3.8) is 0 Å². The van der Waals surface area contributed by atoms with Crippen molar-refractivity contribution in [2.75, 3.05) is 6.54 Å². The summed E-state index contributed by atoms with van der Waals surface area (Å²) in [5.74, 6) is 0.912. The van der Waals surface area contributed by atoms with Crippen LogP contribution in [0.2, 0.25) is 0 Å². The highest BCUT2D eigenvalue weighted by Gasteiger charge is 2.22. The number of nitrogens with zero attached hydrogens (tertiary/aromatic N) is 2. The Balaban J connectivity index is 1.94. The van der Waals surface area contributed by atoms with E-state index in [1.807, 2.05) is 6.20 Å². The van der Waals surface area contributed by atoms with E-state index in [1.165, 1.54) is 37.7 Å². The van der Waals surface area contributed by atoms with Crippen molar-refractivity contribution in [3.05, 3.63) is 18.0 Å². The van der Waals surface area contributed by atoms with Crippen LogP contribution in [0.4, 0.5) is 0 Å². The quantitative estimate of drug-likeness (QED) is 0.849. The Hall–Kier alpha value is -0.830. The second kappa shape index (κ2) is 6.20. The molecule has 3 nitrogen and oxygen atoms in total. The first-order valence-electron chi connectivity index (χ1n) is 7.07. The van der Waals surface area contributed by atoms with Crippen LogP contribution in [-0.4, -0.2) is 16.3 Å². The van der Waals surface area contributed by atoms with Crippen molar-refractivity contribution in [2.24, 2.45) is 5.92 Å². The van der Waals surface area contributed by atoms with Gasteiger partial charge in [0.05, 0.1) is 12.2 Å². The Bertz CT molecular complexity index is 332. The van der Waals surface area contributed by atoms with E-state index in [0.29, 0.717) is 6.04 Å². The number of aromatic nitrogens is 2. The molecule has 0 aliphatic heterocycles. The molecule has 1 heterocycles. The summed E-state index contributed by atoms with van der Waals surface area (Å²) >= 11 is 0. The average Bonchev–Trinajstić information content (AvgIpc) is 2.85. The highest BCUT2D eigenvalue weighted by molar-refractivity contribution is 5.04. The van der Waals surface area contributed by atoms with E-state index >= 15 is 0 Å². The normalized spacial score (nSPS) is 25.1. The molecule has 0 amide bonds. The monoisotopic (exact) mass is 235 g/mol. The largest absolute Gasteiger partial charge is 0.313 e. The highest BCUT2D eigenvalue weighted by atomic mass is 15.3. The van der Waals surface area contributed by atoms with Crippen LogP contribution in [0.25, 0.3) is 0 Å². The molecule has 1 aromatic heterocycles. The van der Waals surface area contributed by atoms with Gasteiger partial charge in [-0.15, -0.1) is 0 Å². The topological polar surface area (TPSA) is 29.9 Å². The molecule has 17 heavy (non-hydrogen) atoms. The van der Waals surface area contributed by atoms with Crippen LogP contribution in [-0.2, 0) is 6.54 Å². The molecule has 2 atom stereocenters. The standard InChI is InChI=1S/C14H25N3/c1-3-12-6-5-7-14(8-12)17-11-13(10-16-17)9-15-4-2/h10-12,14-15H,3-9H2,1-2H3. The first-order chi connectivity index (χ1) is 8.33. The fourth-order valence-electron chi connectivity index (χ4n) is 2.81. The van der Waals surface area contributed by atoms with Gasteiger partial charge in [-0.25, -0.2) is 0 Å². The van der Waals surface area contributed by atoms with Gasteiger partial charge < -0.3 is 5.32 Å². The van der Waals surface area contributed by atoms with Crippen LogP contribution in [0.5, 0.6) is 0 Å². The van der Waals surface area contributed by atoms with Crippen LogP contribution in [0.1, 0.15) is 57.6 Å². The number of hydrogen-bond acceptors (Lipinski definition) is 2. The van der Waals surface area contributed by atoms with Crippen LogP contribution >= 0.6 is 0 Å². The van der Waals surface area contributed by atoms with Crippen molar-refractivity contribution < 1.29 is 0 Å². The molecule has 0 spiro atoms. The maximum atomic E-state index is 4.54. The van der Waals surface area contributed by atoms with Crippen molar-refractivity contribution in [1.82, 2.24) is 15.1 Å². The van der Waals surface area contributed by atoms with E-state index in [0.717, 1.165) is 19.0 Å². The lowest BCUT2D eigenvalue weighted by Gasteiger charge is -2.28. The SMILES string of the molecule is CCNCc1cnn(C2CCCC(CC)C2)c1. The van der Waals surface area contributed by atoms with E-state index in [1.54, 1.807) is 0 Å². The van der Waals surface area contributed by atoms with Gasteiger partial charge in [0.2, 0.25) is 0 Å². The lowest BCUT2D eigenvalue weighted by molar-refractivity contribution is 0.247. The Labute approximate surface area is 105 Å². The van der Waals surface area contributed by atoms with E-state index < -0.39 is 0 Å². The second-order valence-electron chi connectivity index (χ2n) is 5.20. The van der Waals surface area contributed by atoms with Gasteiger partial charge in [0.15, 0.2) is 0 Å². The van der Waals surface area contributed by atoms with Gasteiger partial charge in [-0.2, -0.15) is 5.10 Å². The molecule has 2 unspecified atom stereocenters. The number of nitrogens with one attached hydrogen (secondary N) is 1. The lowest BCUT2D eigenvalue weighted by atomic mass is 9.84. The van der Waals surface area contributed by atoms with Crippen molar-refractivity contribution in [3.8, 4) is 0 Å². The predicted molar refractivity (Wildman–Crippen MR) is 70.9 cm³/mol. The molecule has 1 aromatic rings. The molecular formula is C14H25N3. The molecule has 1 fully saturated rings. The third-order valence-electron chi connectivity index (χ3n) is 3.94. The summed E-state index contributed by atoms with van der Waals surface area (Å²) in [7, 11) is 0. The summed E-state index contributed by atoms with van der Waals surface area (Å²) in [4.78, 5) is 0. The second-order valence-corrected chi connectivity index (χ2v) is 5.20. The van der Waals surface area contributed by atoms with E-state index in [4.69, 9.17) is 0 Å². The smallest absolute Gasteiger partial charge is 0.0534 e. The van der Waals surface area contributed by atoms with Crippen LogP contribution in [0.15, 0.2) is 12.4 Å². The average molecular weight is 235 g/mol. The fraction of sp³-hybridized carbons (Fsp3) is 0.786. The summed E-state index contributed by atoms with van der Waals surface area (Å²) in [6, 6.07) is 0.643. The minimum atomic E-state index is 0.643. The van der Waals surface area contributed by atoms with Gasteiger partial charge in [-0.3, -0.25) is 4.68 Å². The first kappa shape index (κ1) is 12.6. The van der Waals surface area contributed by atoms with Crippen molar-refractivity contribution >= 4 is 0 Å². The molecule has 1 aliphatic rings. The zero-order chi connectivity index (χ0) is 12.1. The third kappa shape index (κ3) is 3.32. The third-order valence-corrected chi connectivity index (χ3v) is 3.94. The lowest BCUT2D eigenvalue weighted by Crippen LogP contribution is -2.19. The summed E-state index contributed by atoms with van der Waals surface area (Å²) in [6.45, 7) is 6.41. The molecule has 0 radical (unpaired) electrons. The van der Waals surface area contributed by atoms with Crippen molar-refractivity contribution in [1.29, 1.82) is 0 Å². The van der Waals surface area contributed by atoms with E-state index in [9.17, 15) is 0 Å². The molecule has 1 aliphatic carbocycles. The molecular weight excluding hydrogens is 210 g/mol. The molecule has 0 aromatic carbocycles. The molecule has 96 valence electrons. The summed E-state index contributed by atoms with van der Waals surface area (Å²) in [5.41, 5.74) is 1.31. The number of rotatable bonds is 5. The van der Waals surface area contributed by atoms with E-state index in [-0.39, 0.29) is 0 Å². The fourth-order valence-corrected chi connectivity index (χ4v) is 2.81. The van der Waals surface area contributed by atoms with Crippen LogP contribution in [0, 0.1) is 5.92 Å². The Morgan fingerprint density at radius 3 is 3.06 bits per heavy atom. The zero-order valence-electron chi connectivity index (χ0n) is 11.2. The maximum absolute atomic E-state index is 4.54.